The van der Waals surface area contributed by atoms with Crippen LogP contribution in [0.3, 0.4) is 0 Å². The summed E-state index contributed by atoms with van der Waals surface area (Å²) in [6.07, 6.45) is 0. The first-order chi connectivity index (χ1) is 6.10. The minimum Gasteiger partial charge on any atom is -0.305 e. The van der Waals surface area contributed by atoms with Crippen LogP contribution in [0.15, 0.2) is 0 Å². The molecule has 80 valence electrons. The number of rotatable bonds is 7. The van der Waals surface area contributed by atoms with Crippen molar-refractivity contribution in [2.24, 2.45) is 0 Å². The molecule has 1 N–H and O–H groups in total. The second-order valence-corrected chi connectivity index (χ2v) is 7.53. The van der Waals surface area contributed by atoms with Crippen molar-refractivity contribution in [1.82, 2.24) is 10.2 Å². The molecular weight excluding hydrogens is 176 g/mol. The highest BCUT2D eigenvalue weighted by Gasteiger charge is 2.06. The zero-order valence-electron chi connectivity index (χ0n) is 9.93. The van der Waals surface area contributed by atoms with Crippen molar-refractivity contribution in [2.75, 3.05) is 19.8 Å². The van der Waals surface area contributed by atoms with Crippen molar-refractivity contribution in [3.8, 4) is 0 Å². The van der Waals surface area contributed by atoms with Gasteiger partial charge in [0.1, 0.15) is 0 Å². The quantitative estimate of drug-likeness (QED) is 0.493. The van der Waals surface area contributed by atoms with Crippen LogP contribution in [-0.2, 0) is 0 Å². The molecule has 0 amide bonds. The molecule has 0 aliphatic heterocycles. The van der Waals surface area contributed by atoms with E-state index in [0.717, 1.165) is 31.0 Å². The molecule has 0 rings (SSSR count). The van der Waals surface area contributed by atoms with Crippen LogP contribution in [0.25, 0.3) is 0 Å². The molecule has 0 aliphatic rings. The molecule has 0 aliphatic carbocycles. The van der Waals surface area contributed by atoms with Gasteiger partial charge in [0.05, 0.1) is 0 Å². The molecule has 13 heavy (non-hydrogen) atoms. The van der Waals surface area contributed by atoms with E-state index in [1.54, 1.807) is 0 Å². The highest BCUT2D eigenvalue weighted by molar-refractivity contribution is 6.39. The molecule has 3 heteroatoms. The summed E-state index contributed by atoms with van der Waals surface area (Å²) in [6, 6.07) is 0. The molecule has 2 nitrogen and oxygen atoms in total. The van der Waals surface area contributed by atoms with Crippen LogP contribution in [0.1, 0.15) is 34.6 Å². The molecule has 0 aromatic rings. The lowest BCUT2D eigenvalue weighted by Gasteiger charge is -2.22. The Morgan fingerprint density at radius 2 is 1.69 bits per heavy atom. The Morgan fingerprint density at radius 1 is 1.15 bits per heavy atom. The fraction of sp³-hybridized carbons (Fsp3) is 1.00. The standard InChI is InChI=1S/C10H26N2Si/c1-6-12(7-2)8-11-10(5)13-9(3)4/h9-11H,6-8,13H2,1-5H3. The van der Waals surface area contributed by atoms with Crippen LogP contribution >= 0.6 is 0 Å². The van der Waals surface area contributed by atoms with E-state index in [0.29, 0.717) is 0 Å². The minimum absolute atomic E-state index is 0.0744. The summed E-state index contributed by atoms with van der Waals surface area (Å²) in [6.45, 7) is 14.8. The highest BCUT2D eigenvalue weighted by Crippen LogP contribution is 1.99. The topological polar surface area (TPSA) is 15.3 Å². The fourth-order valence-corrected chi connectivity index (χ4v) is 3.23. The average Bonchev–Trinajstić information content (AvgIpc) is 2.05. The molecule has 0 spiro atoms. The largest absolute Gasteiger partial charge is 0.305 e. The van der Waals surface area contributed by atoms with Crippen LogP contribution in [0, 0.1) is 0 Å². The van der Waals surface area contributed by atoms with Gasteiger partial charge < -0.3 is 5.32 Å². The molecule has 0 bridgehead atoms. The molecule has 1 unspecified atom stereocenters. The van der Waals surface area contributed by atoms with Crippen molar-refractivity contribution >= 4 is 9.52 Å². The summed E-state index contributed by atoms with van der Waals surface area (Å²) in [5.41, 5.74) is 1.71. The van der Waals surface area contributed by atoms with E-state index < -0.39 is 0 Å². The van der Waals surface area contributed by atoms with E-state index in [2.05, 4.69) is 44.8 Å². The van der Waals surface area contributed by atoms with Gasteiger partial charge in [-0.25, -0.2) is 0 Å². The number of nitrogens with zero attached hydrogens (tertiary/aromatic N) is 1. The van der Waals surface area contributed by atoms with E-state index in [9.17, 15) is 0 Å². The van der Waals surface area contributed by atoms with E-state index in [1.165, 1.54) is 0 Å². The third kappa shape index (κ3) is 7.23. The van der Waals surface area contributed by atoms with Gasteiger partial charge in [0.25, 0.3) is 0 Å². The van der Waals surface area contributed by atoms with Crippen LogP contribution in [0.4, 0.5) is 0 Å². The van der Waals surface area contributed by atoms with E-state index >= 15 is 0 Å². The lowest BCUT2D eigenvalue weighted by molar-refractivity contribution is 0.277. The van der Waals surface area contributed by atoms with Gasteiger partial charge in [-0.15, -0.1) is 0 Å². The molecule has 0 heterocycles. The summed E-state index contributed by atoms with van der Waals surface area (Å²) in [7, 11) is 0.0744. The maximum Gasteiger partial charge on any atom is 0.0479 e. The van der Waals surface area contributed by atoms with Gasteiger partial charge in [-0.2, -0.15) is 0 Å². The lowest BCUT2D eigenvalue weighted by Crippen LogP contribution is -2.41. The predicted octanol–water partition coefficient (Wildman–Crippen LogP) is 1.22. The number of hydrogen-bond acceptors (Lipinski definition) is 2. The van der Waals surface area contributed by atoms with Gasteiger partial charge in [0, 0.05) is 16.2 Å². The number of hydrogen-bond donors (Lipinski definition) is 1. The minimum atomic E-state index is 0.0744. The average molecular weight is 202 g/mol. The summed E-state index contributed by atoms with van der Waals surface area (Å²) >= 11 is 0. The first-order valence-corrected chi connectivity index (χ1v) is 7.19. The Morgan fingerprint density at radius 3 is 2.08 bits per heavy atom. The van der Waals surface area contributed by atoms with Crippen LogP contribution < -0.4 is 5.32 Å². The summed E-state index contributed by atoms with van der Waals surface area (Å²) in [5.74, 6) is 0. The molecular formula is C10H26N2Si. The second kappa shape index (κ2) is 7.53. The molecule has 0 saturated carbocycles. The van der Waals surface area contributed by atoms with Gasteiger partial charge in [0.15, 0.2) is 0 Å². The second-order valence-electron chi connectivity index (χ2n) is 4.20. The zero-order valence-corrected chi connectivity index (χ0v) is 11.3. The Hall–Kier alpha value is 0.137. The van der Waals surface area contributed by atoms with Gasteiger partial charge in [-0.05, 0) is 18.8 Å². The summed E-state index contributed by atoms with van der Waals surface area (Å²) in [4.78, 5) is 2.42. The van der Waals surface area contributed by atoms with Crippen molar-refractivity contribution in [1.29, 1.82) is 0 Å². The van der Waals surface area contributed by atoms with Crippen molar-refractivity contribution in [3.05, 3.63) is 0 Å². The Balaban J connectivity index is 3.49. The van der Waals surface area contributed by atoms with E-state index in [4.69, 9.17) is 0 Å². The van der Waals surface area contributed by atoms with Crippen LogP contribution in [0.2, 0.25) is 5.54 Å². The first kappa shape index (κ1) is 13.1. The molecule has 0 aromatic heterocycles. The SMILES string of the molecule is CCN(CC)CNC(C)[SiH2]C(C)C. The third-order valence-electron chi connectivity index (χ3n) is 2.38. The molecule has 0 radical (unpaired) electrons. The predicted molar refractivity (Wildman–Crippen MR) is 64.0 cm³/mol. The van der Waals surface area contributed by atoms with Crippen molar-refractivity contribution in [3.63, 3.8) is 0 Å². The monoisotopic (exact) mass is 202 g/mol. The van der Waals surface area contributed by atoms with Crippen LogP contribution in [0.5, 0.6) is 0 Å². The normalized spacial score (nSPS) is 15.0. The Labute approximate surface area is 85.9 Å². The lowest BCUT2D eigenvalue weighted by atomic mass is 10.5. The van der Waals surface area contributed by atoms with Gasteiger partial charge in [-0.3, -0.25) is 4.90 Å². The fourth-order valence-electron chi connectivity index (χ4n) is 1.52. The van der Waals surface area contributed by atoms with Crippen LogP contribution in [-0.4, -0.2) is 39.8 Å². The highest BCUT2D eigenvalue weighted by atomic mass is 28.2. The summed E-state index contributed by atoms with van der Waals surface area (Å²) in [5, 5.41) is 3.60. The van der Waals surface area contributed by atoms with E-state index in [-0.39, 0.29) is 9.52 Å². The van der Waals surface area contributed by atoms with Gasteiger partial charge >= 0.3 is 0 Å². The van der Waals surface area contributed by atoms with Gasteiger partial charge in [0.2, 0.25) is 0 Å². The first-order valence-electron chi connectivity index (χ1n) is 5.55. The molecule has 1 atom stereocenters. The Bertz CT molecular complexity index is 113. The molecule has 0 saturated heterocycles. The molecule has 0 fully saturated rings. The van der Waals surface area contributed by atoms with Gasteiger partial charge in [-0.1, -0.05) is 40.2 Å². The van der Waals surface area contributed by atoms with E-state index in [1.807, 2.05) is 0 Å². The smallest absolute Gasteiger partial charge is 0.0479 e. The maximum absolute atomic E-state index is 3.60. The maximum atomic E-state index is 3.60. The summed E-state index contributed by atoms with van der Waals surface area (Å²) < 4.78 is 0. The zero-order chi connectivity index (χ0) is 10.3. The third-order valence-corrected chi connectivity index (χ3v) is 4.32. The number of nitrogens with one attached hydrogen (secondary N) is 1. The molecule has 0 aromatic carbocycles. The van der Waals surface area contributed by atoms with Crippen molar-refractivity contribution in [2.45, 2.75) is 45.8 Å². The van der Waals surface area contributed by atoms with Crippen molar-refractivity contribution < 1.29 is 0 Å². The Kier molecular flexibility index (Phi) is 7.61.